The molecule has 0 atom stereocenters. The van der Waals surface area contributed by atoms with Crippen LogP contribution in [0.3, 0.4) is 0 Å². The van der Waals surface area contributed by atoms with Gasteiger partial charge in [0.2, 0.25) is 0 Å². The van der Waals surface area contributed by atoms with E-state index in [1.165, 1.54) is 11.1 Å². The second-order valence-electron chi connectivity index (χ2n) is 4.26. The van der Waals surface area contributed by atoms with Gasteiger partial charge < -0.3 is 0 Å². The first-order valence-electron chi connectivity index (χ1n) is 6.18. The molecule has 19 heavy (non-hydrogen) atoms. The lowest BCUT2D eigenvalue weighted by Crippen LogP contribution is -1.65. The van der Waals surface area contributed by atoms with E-state index in [0.717, 1.165) is 5.57 Å². The third-order valence-electron chi connectivity index (χ3n) is 1.57. The molecule has 0 radical (unpaired) electrons. The summed E-state index contributed by atoms with van der Waals surface area (Å²) >= 11 is 0. The van der Waals surface area contributed by atoms with E-state index < -0.39 is 0 Å². The summed E-state index contributed by atoms with van der Waals surface area (Å²) in [4.78, 5) is 0. The minimum atomic E-state index is 1.02. The number of allylic oxidation sites excluding steroid dienone is 5. The molecule has 0 aromatic heterocycles. The first-order chi connectivity index (χ1) is 8.93. The average molecular weight is 254 g/mol. The SMILES string of the molecule is C=C(C)C.C=CC(=C)C.C=CC=Cc1ccccc1. The van der Waals surface area contributed by atoms with E-state index in [9.17, 15) is 0 Å². The van der Waals surface area contributed by atoms with Gasteiger partial charge in [-0.2, -0.15) is 0 Å². The van der Waals surface area contributed by atoms with E-state index in [2.05, 4.69) is 38.4 Å². The highest BCUT2D eigenvalue weighted by Crippen LogP contribution is 1.99. The molecule has 0 heteroatoms. The fraction of sp³-hybridized carbons (Fsp3) is 0.158. The Kier molecular flexibility index (Phi) is 14.2. The molecule has 0 saturated heterocycles. The molecule has 0 aliphatic heterocycles. The van der Waals surface area contributed by atoms with E-state index in [-0.39, 0.29) is 0 Å². The van der Waals surface area contributed by atoms with Gasteiger partial charge in [0.05, 0.1) is 0 Å². The Balaban J connectivity index is 0. The van der Waals surface area contributed by atoms with Gasteiger partial charge >= 0.3 is 0 Å². The van der Waals surface area contributed by atoms with Crippen LogP contribution in [0.4, 0.5) is 0 Å². The number of hydrogen-bond donors (Lipinski definition) is 0. The second-order valence-corrected chi connectivity index (χ2v) is 4.26. The highest BCUT2D eigenvalue weighted by Gasteiger charge is 1.78. The maximum absolute atomic E-state index is 3.59. The van der Waals surface area contributed by atoms with Crippen molar-refractivity contribution < 1.29 is 0 Å². The summed E-state index contributed by atoms with van der Waals surface area (Å²) < 4.78 is 0. The molecule has 0 fully saturated rings. The van der Waals surface area contributed by atoms with Crippen LogP contribution in [0.15, 0.2) is 86.0 Å². The molecule has 0 nitrogen and oxygen atoms in total. The van der Waals surface area contributed by atoms with Gasteiger partial charge in [-0.05, 0) is 26.3 Å². The number of hydrogen-bond acceptors (Lipinski definition) is 0. The van der Waals surface area contributed by atoms with Gasteiger partial charge in [0, 0.05) is 0 Å². The molecule has 0 aliphatic carbocycles. The van der Waals surface area contributed by atoms with Gasteiger partial charge in [0.15, 0.2) is 0 Å². The monoisotopic (exact) mass is 254 g/mol. The fourth-order valence-electron chi connectivity index (χ4n) is 0.743. The van der Waals surface area contributed by atoms with E-state index in [4.69, 9.17) is 0 Å². The fourth-order valence-corrected chi connectivity index (χ4v) is 0.743. The largest absolute Gasteiger partial charge is 0.100 e. The summed E-state index contributed by atoms with van der Waals surface area (Å²) in [5, 5.41) is 0. The van der Waals surface area contributed by atoms with Gasteiger partial charge in [0.25, 0.3) is 0 Å². The highest BCUT2D eigenvalue weighted by atomic mass is 13.8. The maximum atomic E-state index is 3.59. The molecule has 0 heterocycles. The summed E-state index contributed by atoms with van der Waals surface area (Å²) in [6, 6.07) is 10.1. The highest BCUT2D eigenvalue weighted by molar-refractivity contribution is 5.50. The third kappa shape index (κ3) is 21.7. The van der Waals surface area contributed by atoms with Gasteiger partial charge in [0.1, 0.15) is 0 Å². The lowest BCUT2D eigenvalue weighted by Gasteiger charge is -1.87. The Morgan fingerprint density at radius 3 is 1.68 bits per heavy atom. The molecular formula is C19H26. The van der Waals surface area contributed by atoms with Crippen molar-refractivity contribution in [2.24, 2.45) is 0 Å². The normalized spacial score (nSPS) is 8.37. The first-order valence-corrected chi connectivity index (χ1v) is 6.18. The van der Waals surface area contributed by atoms with Crippen molar-refractivity contribution in [3.63, 3.8) is 0 Å². The van der Waals surface area contributed by atoms with Crippen molar-refractivity contribution in [1.82, 2.24) is 0 Å². The van der Waals surface area contributed by atoms with Crippen LogP contribution in [0.25, 0.3) is 6.08 Å². The first kappa shape index (κ1) is 19.3. The molecule has 0 spiro atoms. The van der Waals surface area contributed by atoms with Gasteiger partial charge in [-0.15, -0.1) is 6.58 Å². The zero-order chi connectivity index (χ0) is 15.1. The summed E-state index contributed by atoms with van der Waals surface area (Å²) in [7, 11) is 0. The molecule has 0 unspecified atom stereocenters. The predicted molar refractivity (Wildman–Crippen MR) is 91.2 cm³/mol. The molecule has 0 N–H and O–H groups in total. The maximum Gasteiger partial charge on any atom is -0.0257 e. The Bertz CT molecular complexity index is 401. The van der Waals surface area contributed by atoms with Gasteiger partial charge in [-0.1, -0.05) is 85.5 Å². The van der Waals surface area contributed by atoms with Crippen molar-refractivity contribution in [3.05, 3.63) is 91.6 Å². The molecular weight excluding hydrogens is 228 g/mol. The quantitative estimate of drug-likeness (QED) is 0.444. The molecule has 1 aromatic rings. The van der Waals surface area contributed by atoms with E-state index >= 15 is 0 Å². The molecule has 0 bridgehead atoms. The summed E-state index contributed by atoms with van der Waals surface area (Å²) in [6.45, 7) is 20.0. The summed E-state index contributed by atoms with van der Waals surface area (Å²) in [6.07, 6.45) is 7.44. The lowest BCUT2D eigenvalue weighted by molar-refractivity contribution is 1.42. The van der Waals surface area contributed by atoms with E-state index in [0.29, 0.717) is 0 Å². The molecule has 0 saturated carbocycles. The number of rotatable bonds is 3. The van der Waals surface area contributed by atoms with Crippen LogP contribution in [0.5, 0.6) is 0 Å². The van der Waals surface area contributed by atoms with E-state index in [1.54, 1.807) is 12.2 Å². The Labute approximate surface area is 119 Å². The van der Waals surface area contributed by atoms with Crippen molar-refractivity contribution in [3.8, 4) is 0 Å². The van der Waals surface area contributed by atoms with Crippen molar-refractivity contribution in [2.45, 2.75) is 20.8 Å². The zero-order valence-corrected chi connectivity index (χ0v) is 12.5. The smallest absolute Gasteiger partial charge is 0.0257 e. The number of benzene rings is 1. The van der Waals surface area contributed by atoms with Crippen molar-refractivity contribution in [1.29, 1.82) is 0 Å². The molecule has 0 amide bonds. The standard InChI is InChI=1S/C10H10.C5H8.C4H8/c1-2-3-7-10-8-5-4-6-9-10;1-4-5(2)3;1-4(2)3/h2-9H,1H2;4H,1-2H2,3H3;1H2,2-3H3. The molecule has 102 valence electrons. The Morgan fingerprint density at radius 2 is 1.37 bits per heavy atom. The lowest BCUT2D eigenvalue weighted by atomic mass is 10.2. The van der Waals surface area contributed by atoms with Crippen molar-refractivity contribution >= 4 is 6.08 Å². The topological polar surface area (TPSA) is 0 Å². The molecule has 1 aromatic carbocycles. The van der Waals surface area contributed by atoms with Gasteiger partial charge in [-0.3, -0.25) is 0 Å². The van der Waals surface area contributed by atoms with Gasteiger partial charge in [-0.25, -0.2) is 0 Å². The predicted octanol–water partition coefficient (Wildman–Crippen LogP) is 6.22. The summed E-state index contributed by atoms with van der Waals surface area (Å²) in [5.41, 5.74) is 3.40. The van der Waals surface area contributed by atoms with Crippen LogP contribution in [-0.4, -0.2) is 0 Å². The third-order valence-corrected chi connectivity index (χ3v) is 1.57. The average Bonchev–Trinajstić information content (AvgIpc) is 2.37. The van der Waals surface area contributed by atoms with Crippen LogP contribution in [0.1, 0.15) is 26.3 Å². The van der Waals surface area contributed by atoms with E-state index in [1.807, 2.05) is 51.1 Å². The van der Waals surface area contributed by atoms with Crippen molar-refractivity contribution in [2.75, 3.05) is 0 Å². The zero-order valence-electron chi connectivity index (χ0n) is 12.5. The second kappa shape index (κ2) is 14.0. The summed E-state index contributed by atoms with van der Waals surface area (Å²) in [5.74, 6) is 0. The van der Waals surface area contributed by atoms with Crippen LogP contribution >= 0.6 is 0 Å². The molecule has 1 rings (SSSR count). The Hall–Kier alpha value is -2.08. The van der Waals surface area contributed by atoms with Crippen LogP contribution in [0, 0.1) is 0 Å². The van der Waals surface area contributed by atoms with Crippen LogP contribution < -0.4 is 0 Å². The minimum absolute atomic E-state index is 1.02. The minimum Gasteiger partial charge on any atom is -0.100 e. The Morgan fingerprint density at radius 1 is 0.947 bits per heavy atom. The van der Waals surface area contributed by atoms with Crippen LogP contribution in [0.2, 0.25) is 0 Å². The van der Waals surface area contributed by atoms with Crippen LogP contribution in [-0.2, 0) is 0 Å². The molecule has 0 aliphatic rings.